The summed E-state index contributed by atoms with van der Waals surface area (Å²) in [7, 11) is 1.66. The molecular weight excluding hydrogens is 630 g/mol. The molecule has 0 spiro atoms. The molecule has 224 valence electrons. The van der Waals surface area contributed by atoms with Crippen LogP contribution in [0.25, 0.3) is 0 Å². The summed E-state index contributed by atoms with van der Waals surface area (Å²) < 4.78 is 18.9. The van der Waals surface area contributed by atoms with Crippen LogP contribution in [0.5, 0.6) is 11.5 Å². The molecule has 0 fully saturated rings. The van der Waals surface area contributed by atoms with Gasteiger partial charge in [0.2, 0.25) is 11.8 Å². The van der Waals surface area contributed by atoms with E-state index in [2.05, 4.69) is 15.9 Å². The molecule has 0 bridgehead atoms. The highest BCUT2D eigenvalue weighted by atomic mass is 79.9. The molecule has 5 aromatic rings. The van der Waals surface area contributed by atoms with Crippen LogP contribution in [-0.2, 0) is 17.8 Å². The monoisotopic (exact) mass is 659 g/mol. The van der Waals surface area contributed by atoms with E-state index in [-0.39, 0.29) is 6.54 Å². The standard InChI is InChI=1S/C37H30BrN3O4/c1-43-32-21-10-9-18-30(32)25-41-34(28-19-12-20-31(38)23-28)36(45-35(40-41)26-13-4-2-5-14-26)39-24-29-17-8-11-22-33(29)44-37(42)27-15-6-3-7-16-27/h2-23,34H,24-25H2,1H3/t34-/m1/s1. The molecule has 0 N–H and O–H groups in total. The van der Waals surface area contributed by atoms with Crippen molar-refractivity contribution in [2.75, 3.05) is 7.11 Å². The number of benzene rings is 5. The Hall–Kier alpha value is -5.21. The zero-order valence-corrected chi connectivity index (χ0v) is 26.1. The topological polar surface area (TPSA) is 72.7 Å². The van der Waals surface area contributed by atoms with Crippen molar-refractivity contribution in [2.24, 2.45) is 10.1 Å². The van der Waals surface area contributed by atoms with Gasteiger partial charge >= 0.3 is 5.97 Å². The van der Waals surface area contributed by atoms with Crippen molar-refractivity contribution in [3.05, 3.63) is 166 Å². The summed E-state index contributed by atoms with van der Waals surface area (Å²) in [5.41, 5.74) is 3.94. The van der Waals surface area contributed by atoms with Gasteiger partial charge in [0.15, 0.2) is 0 Å². The van der Waals surface area contributed by atoms with Gasteiger partial charge < -0.3 is 14.2 Å². The van der Waals surface area contributed by atoms with Crippen LogP contribution in [0, 0.1) is 0 Å². The molecule has 0 aromatic heterocycles. The average Bonchev–Trinajstić information content (AvgIpc) is 3.08. The van der Waals surface area contributed by atoms with Gasteiger partial charge in [-0.1, -0.05) is 101 Å². The molecule has 0 saturated heterocycles. The Bertz CT molecular complexity index is 1840. The minimum Gasteiger partial charge on any atom is -0.496 e. The summed E-state index contributed by atoms with van der Waals surface area (Å²) in [4.78, 5) is 17.9. The number of nitrogens with zero attached hydrogens (tertiary/aromatic N) is 3. The lowest BCUT2D eigenvalue weighted by Gasteiger charge is -2.35. The van der Waals surface area contributed by atoms with Crippen molar-refractivity contribution in [3.63, 3.8) is 0 Å². The number of hydrogen-bond donors (Lipinski definition) is 0. The molecule has 1 atom stereocenters. The van der Waals surface area contributed by atoms with E-state index >= 15 is 0 Å². The highest BCUT2D eigenvalue weighted by Crippen LogP contribution is 2.34. The second-order valence-corrected chi connectivity index (χ2v) is 11.2. The maximum atomic E-state index is 12.9. The van der Waals surface area contributed by atoms with Crippen LogP contribution >= 0.6 is 15.9 Å². The molecule has 45 heavy (non-hydrogen) atoms. The van der Waals surface area contributed by atoms with E-state index < -0.39 is 12.0 Å². The van der Waals surface area contributed by atoms with Gasteiger partial charge in [-0.3, -0.25) is 5.01 Å². The van der Waals surface area contributed by atoms with Crippen LogP contribution in [0.15, 0.2) is 148 Å². The van der Waals surface area contributed by atoms with E-state index in [1.165, 1.54) is 0 Å². The smallest absolute Gasteiger partial charge is 0.343 e. The van der Waals surface area contributed by atoms with Gasteiger partial charge in [-0.25, -0.2) is 9.79 Å². The lowest BCUT2D eigenvalue weighted by atomic mass is 10.0. The van der Waals surface area contributed by atoms with Crippen molar-refractivity contribution in [1.82, 2.24) is 5.01 Å². The Morgan fingerprint density at radius 2 is 1.49 bits per heavy atom. The van der Waals surface area contributed by atoms with Gasteiger partial charge in [0.1, 0.15) is 17.5 Å². The first-order valence-electron chi connectivity index (χ1n) is 14.4. The molecule has 0 radical (unpaired) electrons. The van der Waals surface area contributed by atoms with E-state index in [1.54, 1.807) is 37.4 Å². The number of esters is 1. The molecule has 7 nitrogen and oxygen atoms in total. The summed E-state index contributed by atoms with van der Waals surface area (Å²) in [6, 6.07) is 41.5. The molecular formula is C37H30BrN3O4. The lowest BCUT2D eigenvalue weighted by molar-refractivity contribution is 0.0733. The molecule has 0 aliphatic carbocycles. The van der Waals surface area contributed by atoms with Gasteiger partial charge in [-0.2, -0.15) is 0 Å². The van der Waals surface area contributed by atoms with E-state index in [1.807, 2.05) is 108 Å². The second kappa shape index (κ2) is 14.1. The van der Waals surface area contributed by atoms with Crippen LogP contribution in [0.3, 0.4) is 0 Å². The second-order valence-electron chi connectivity index (χ2n) is 10.3. The van der Waals surface area contributed by atoms with Crippen LogP contribution < -0.4 is 9.47 Å². The van der Waals surface area contributed by atoms with E-state index in [0.717, 1.165) is 32.5 Å². The number of methoxy groups -OCH3 is 1. The highest BCUT2D eigenvalue weighted by Gasteiger charge is 2.34. The normalized spacial score (nSPS) is 15.2. The number of halogens is 1. The summed E-state index contributed by atoms with van der Waals surface area (Å²) >= 11 is 3.63. The zero-order valence-electron chi connectivity index (χ0n) is 24.5. The van der Waals surface area contributed by atoms with Crippen molar-refractivity contribution in [1.29, 1.82) is 0 Å². The summed E-state index contributed by atoms with van der Waals surface area (Å²) in [6.07, 6.45) is 0. The predicted octanol–water partition coefficient (Wildman–Crippen LogP) is 8.21. The van der Waals surface area contributed by atoms with Crippen LogP contribution in [0.2, 0.25) is 0 Å². The Kier molecular flexibility index (Phi) is 9.32. The zero-order chi connectivity index (χ0) is 31.0. The minimum absolute atomic E-state index is 0.211. The van der Waals surface area contributed by atoms with Gasteiger partial charge in [0, 0.05) is 21.2 Å². The number of para-hydroxylation sites is 2. The first kappa shape index (κ1) is 29.8. The summed E-state index contributed by atoms with van der Waals surface area (Å²) in [6.45, 7) is 0.647. The van der Waals surface area contributed by atoms with Gasteiger partial charge in [-0.15, -0.1) is 5.10 Å². The fourth-order valence-electron chi connectivity index (χ4n) is 5.05. The lowest BCUT2D eigenvalue weighted by Crippen LogP contribution is -2.38. The number of hydrazone groups is 1. The van der Waals surface area contributed by atoms with Crippen molar-refractivity contribution in [2.45, 2.75) is 19.1 Å². The Morgan fingerprint density at radius 1 is 0.822 bits per heavy atom. The molecule has 0 saturated carbocycles. The van der Waals surface area contributed by atoms with E-state index in [9.17, 15) is 4.79 Å². The number of ether oxygens (including phenoxy) is 3. The fourth-order valence-corrected chi connectivity index (χ4v) is 5.47. The van der Waals surface area contributed by atoms with Crippen LogP contribution in [-0.4, -0.2) is 29.9 Å². The quantitative estimate of drug-likeness (QED) is 0.118. The molecule has 5 aromatic carbocycles. The fraction of sp³-hybridized carbons (Fsp3) is 0.108. The average molecular weight is 661 g/mol. The number of hydrogen-bond acceptors (Lipinski definition) is 7. The third-order valence-electron chi connectivity index (χ3n) is 7.25. The Morgan fingerprint density at radius 3 is 2.22 bits per heavy atom. The number of rotatable bonds is 9. The van der Waals surface area contributed by atoms with Gasteiger partial charge in [0.05, 0.1) is 25.8 Å². The van der Waals surface area contributed by atoms with E-state index in [4.69, 9.17) is 24.3 Å². The first-order valence-corrected chi connectivity index (χ1v) is 15.2. The molecule has 1 heterocycles. The number of carbonyl (C=O) groups excluding carboxylic acids is 1. The molecule has 0 amide bonds. The molecule has 6 rings (SSSR count). The molecule has 8 heteroatoms. The SMILES string of the molecule is COc1ccccc1CN1N=C(c2ccccc2)OC(=NCc2ccccc2OC(=O)c2ccccc2)[C@H]1c1cccc(Br)c1. The number of carbonyl (C=O) groups is 1. The molecule has 1 aliphatic rings. The largest absolute Gasteiger partial charge is 0.496 e. The third-order valence-corrected chi connectivity index (χ3v) is 7.75. The maximum absolute atomic E-state index is 12.9. The van der Waals surface area contributed by atoms with Crippen molar-refractivity contribution in [3.8, 4) is 11.5 Å². The Labute approximate surface area is 270 Å². The van der Waals surface area contributed by atoms with Crippen molar-refractivity contribution < 1.29 is 19.0 Å². The van der Waals surface area contributed by atoms with Crippen molar-refractivity contribution >= 4 is 33.7 Å². The predicted molar refractivity (Wildman–Crippen MR) is 178 cm³/mol. The molecule has 0 unspecified atom stereocenters. The summed E-state index contributed by atoms with van der Waals surface area (Å²) in [5, 5.41) is 6.99. The number of aliphatic imine (C=N–C) groups is 1. The third kappa shape index (κ3) is 7.13. The summed E-state index contributed by atoms with van der Waals surface area (Å²) in [5.74, 6) is 1.66. The molecule has 1 aliphatic heterocycles. The first-order chi connectivity index (χ1) is 22.1. The van der Waals surface area contributed by atoms with Gasteiger partial charge in [-0.05, 0) is 54.1 Å². The van der Waals surface area contributed by atoms with Crippen LogP contribution in [0.1, 0.15) is 38.7 Å². The minimum atomic E-state index is -0.459. The Balaban J connectivity index is 1.40. The van der Waals surface area contributed by atoms with Gasteiger partial charge in [0.25, 0.3) is 0 Å². The highest BCUT2D eigenvalue weighted by molar-refractivity contribution is 9.10. The van der Waals surface area contributed by atoms with E-state index in [0.29, 0.717) is 29.7 Å². The van der Waals surface area contributed by atoms with Crippen LogP contribution in [0.4, 0.5) is 0 Å². The maximum Gasteiger partial charge on any atom is 0.343 e.